The molecule has 0 aliphatic carbocycles. The van der Waals surface area contributed by atoms with Crippen LogP contribution in [0.3, 0.4) is 0 Å². The van der Waals surface area contributed by atoms with E-state index < -0.39 is 5.97 Å². The fourth-order valence-corrected chi connectivity index (χ4v) is 4.22. The number of carbonyl (C=O) groups is 2. The second-order valence-corrected chi connectivity index (χ2v) is 10.5. The molecule has 0 saturated heterocycles. The van der Waals surface area contributed by atoms with Gasteiger partial charge >= 0.3 is 11.9 Å². The molecule has 4 heteroatoms. The van der Waals surface area contributed by atoms with Crippen molar-refractivity contribution in [2.24, 2.45) is 0 Å². The lowest BCUT2D eigenvalue weighted by atomic mass is 10.0. The second kappa shape index (κ2) is 30.6. The Balaban J connectivity index is 0. The highest BCUT2D eigenvalue weighted by Gasteiger charge is 2.05. The summed E-state index contributed by atoms with van der Waals surface area (Å²) >= 11 is 0. The van der Waals surface area contributed by atoms with Crippen LogP contribution in [0.25, 0.3) is 0 Å². The smallest absolute Gasteiger partial charge is 0.333 e. The summed E-state index contributed by atoms with van der Waals surface area (Å²) in [5, 5.41) is 8.79. The molecule has 0 rings (SSSR count). The number of esters is 1. The third kappa shape index (κ3) is 30.5. The maximum Gasteiger partial charge on any atom is 0.333 e. The van der Waals surface area contributed by atoms with Gasteiger partial charge < -0.3 is 9.84 Å². The van der Waals surface area contributed by atoms with Crippen LogP contribution in [-0.2, 0) is 14.3 Å². The first-order valence-corrected chi connectivity index (χ1v) is 15.7. The second-order valence-electron chi connectivity index (χ2n) is 10.5. The summed E-state index contributed by atoms with van der Waals surface area (Å²) in [7, 11) is 0. The van der Waals surface area contributed by atoms with Crippen LogP contribution in [0.4, 0.5) is 0 Å². The van der Waals surface area contributed by atoms with Crippen molar-refractivity contribution in [3.8, 4) is 0 Å². The zero-order valence-electron chi connectivity index (χ0n) is 25.2. The van der Waals surface area contributed by atoms with Crippen molar-refractivity contribution < 1.29 is 19.4 Å². The molecular formula is C33H62O4. The molecule has 218 valence electrons. The van der Waals surface area contributed by atoms with Crippen molar-refractivity contribution in [3.05, 3.63) is 23.8 Å². The molecule has 0 aliphatic heterocycles. The number of ether oxygens (including phenoxy) is 1. The van der Waals surface area contributed by atoms with Crippen LogP contribution in [0, 0.1) is 0 Å². The first-order valence-electron chi connectivity index (χ1n) is 15.7. The molecule has 0 fully saturated rings. The molecule has 0 radical (unpaired) electrons. The Kier molecular flexibility index (Phi) is 31.1. The number of allylic oxidation sites excluding steroid dienone is 1. The van der Waals surface area contributed by atoms with E-state index in [1.165, 1.54) is 109 Å². The number of aliphatic carboxylic acids is 1. The fraction of sp³-hybridized carbons (Fsp3) is 0.818. The van der Waals surface area contributed by atoms with E-state index in [0.29, 0.717) is 17.8 Å². The van der Waals surface area contributed by atoms with Gasteiger partial charge in [-0.15, -0.1) is 0 Å². The average molecular weight is 523 g/mol. The molecule has 0 unspecified atom stereocenters. The monoisotopic (exact) mass is 522 g/mol. The molecule has 0 atom stereocenters. The first kappa shape index (κ1) is 37.6. The van der Waals surface area contributed by atoms with Crippen LogP contribution < -0.4 is 0 Å². The molecule has 0 aromatic heterocycles. The van der Waals surface area contributed by atoms with E-state index in [4.69, 9.17) is 9.84 Å². The third-order valence-corrected chi connectivity index (χ3v) is 6.60. The topological polar surface area (TPSA) is 63.6 Å². The number of carboxylic acids is 1. The average Bonchev–Trinajstić information content (AvgIpc) is 2.87. The van der Waals surface area contributed by atoms with Gasteiger partial charge in [-0.2, -0.15) is 0 Å². The van der Waals surface area contributed by atoms with Crippen LogP contribution in [0.2, 0.25) is 0 Å². The number of hydrogen-bond donors (Lipinski definition) is 1. The van der Waals surface area contributed by atoms with Crippen molar-refractivity contribution in [1.29, 1.82) is 0 Å². The largest absolute Gasteiger partial charge is 0.478 e. The lowest BCUT2D eigenvalue weighted by Gasteiger charge is -2.05. The van der Waals surface area contributed by atoms with Crippen LogP contribution in [0.5, 0.6) is 0 Å². The fourth-order valence-electron chi connectivity index (χ4n) is 4.22. The Bertz CT molecular complexity index is 565. The Hall–Kier alpha value is -1.58. The molecule has 1 N–H and O–H groups in total. The predicted octanol–water partition coefficient (Wildman–Crippen LogP) is 10.7. The number of rotatable bonds is 25. The van der Waals surface area contributed by atoms with Gasteiger partial charge in [0.1, 0.15) is 0 Å². The predicted molar refractivity (Wildman–Crippen MR) is 160 cm³/mol. The van der Waals surface area contributed by atoms with Crippen LogP contribution >= 0.6 is 0 Å². The zero-order valence-corrected chi connectivity index (χ0v) is 25.2. The van der Waals surface area contributed by atoms with E-state index in [0.717, 1.165) is 32.1 Å². The lowest BCUT2D eigenvalue weighted by Crippen LogP contribution is -2.05. The summed E-state index contributed by atoms with van der Waals surface area (Å²) in [5.41, 5.74) is 1.07. The summed E-state index contributed by atoms with van der Waals surface area (Å²) in [6, 6.07) is 0. The number of carboxylic acid groups (broad SMARTS) is 1. The van der Waals surface area contributed by atoms with Gasteiger partial charge in [-0.05, 0) is 32.6 Å². The standard InChI is InChI=1S/C22H42O2.C11H20O2/c1-4-5-6-7-8-9-10-11-12-13-14-15-16-17-18-19-20-24-22(23)21(2)3;1-3-5-6-7-9-10(8-4-2)11(12)13/h2,4-20H2,1,3H3;8H,3-7,9H2,1-2H3,(H,12,13). The molecular weight excluding hydrogens is 460 g/mol. The molecule has 37 heavy (non-hydrogen) atoms. The molecule has 0 aromatic carbocycles. The van der Waals surface area contributed by atoms with E-state index >= 15 is 0 Å². The molecule has 0 saturated carbocycles. The van der Waals surface area contributed by atoms with E-state index in [9.17, 15) is 9.59 Å². The lowest BCUT2D eigenvalue weighted by molar-refractivity contribution is -0.139. The summed E-state index contributed by atoms with van der Waals surface area (Å²) in [6.45, 7) is 12.2. The number of unbranched alkanes of at least 4 members (excludes halogenated alkanes) is 18. The van der Waals surface area contributed by atoms with E-state index in [-0.39, 0.29) is 5.97 Å². The van der Waals surface area contributed by atoms with E-state index in [1.54, 1.807) is 6.92 Å². The van der Waals surface area contributed by atoms with Gasteiger partial charge in [0.15, 0.2) is 0 Å². The van der Waals surface area contributed by atoms with Gasteiger partial charge in [0, 0.05) is 11.1 Å². The minimum Gasteiger partial charge on any atom is -0.478 e. The quantitative estimate of drug-likeness (QED) is 0.0735. The highest BCUT2D eigenvalue weighted by atomic mass is 16.5. The zero-order chi connectivity index (χ0) is 28.0. The van der Waals surface area contributed by atoms with Crippen molar-refractivity contribution in [3.63, 3.8) is 0 Å². The van der Waals surface area contributed by atoms with Gasteiger partial charge in [0.2, 0.25) is 0 Å². The van der Waals surface area contributed by atoms with Gasteiger partial charge in [0.05, 0.1) is 6.61 Å². The molecule has 0 bridgehead atoms. The summed E-state index contributed by atoms with van der Waals surface area (Å²) in [4.78, 5) is 21.9. The summed E-state index contributed by atoms with van der Waals surface area (Å²) in [6.07, 6.45) is 29.6. The van der Waals surface area contributed by atoms with Gasteiger partial charge in [-0.3, -0.25) is 0 Å². The Morgan fingerprint density at radius 1 is 0.649 bits per heavy atom. The highest BCUT2D eigenvalue weighted by Crippen LogP contribution is 2.14. The molecule has 0 aliphatic rings. The number of hydrogen-bond acceptors (Lipinski definition) is 3. The minimum absolute atomic E-state index is 0.254. The van der Waals surface area contributed by atoms with E-state index in [2.05, 4.69) is 20.4 Å². The summed E-state index contributed by atoms with van der Waals surface area (Å²) in [5.74, 6) is -1.01. The SMILES string of the molecule is C=C(C)C(=O)OCCCCCCCCCCCCCCCCCC.CCC=C(CCCCCC)C(=O)O. The highest BCUT2D eigenvalue weighted by molar-refractivity contribution is 5.87. The van der Waals surface area contributed by atoms with Gasteiger partial charge in [-0.1, -0.05) is 149 Å². The normalized spacial score (nSPS) is 11.1. The van der Waals surface area contributed by atoms with Crippen molar-refractivity contribution in [1.82, 2.24) is 0 Å². The first-order chi connectivity index (χ1) is 17.9. The summed E-state index contributed by atoms with van der Waals surface area (Å²) < 4.78 is 5.08. The van der Waals surface area contributed by atoms with Crippen LogP contribution in [-0.4, -0.2) is 23.7 Å². The minimum atomic E-state index is -0.752. The van der Waals surface area contributed by atoms with Crippen molar-refractivity contribution in [2.45, 2.75) is 169 Å². The molecule has 4 nitrogen and oxygen atoms in total. The Morgan fingerprint density at radius 2 is 1.03 bits per heavy atom. The number of carbonyl (C=O) groups excluding carboxylic acids is 1. The molecule has 0 amide bonds. The van der Waals surface area contributed by atoms with Crippen molar-refractivity contribution >= 4 is 11.9 Å². The van der Waals surface area contributed by atoms with E-state index in [1.807, 2.05) is 13.0 Å². The van der Waals surface area contributed by atoms with Gasteiger partial charge in [0.25, 0.3) is 0 Å². The van der Waals surface area contributed by atoms with Crippen LogP contribution in [0.15, 0.2) is 23.8 Å². The van der Waals surface area contributed by atoms with Crippen molar-refractivity contribution in [2.75, 3.05) is 6.61 Å². The third-order valence-electron chi connectivity index (χ3n) is 6.60. The molecule has 0 spiro atoms. The Morgan fingerprint density at radius 3 is 1.38 bits per heavy atom. The van der Waals surface area contributed by atoms with Crippen LogP contribution in [0.1, 0.15) is 169 Å². The van der Waals surface area contributed by atoms with Gasteiger partial charge in [-0.25, -0.2) is 9.59 Å². The Labute approximate surface area is 230 Å². The molecule has 0 aromatic rings. The maximum atomic E-state index is 11.2. The molecule has 0 heterocycles. The maximum absolute atomic E-state index is 11.2.